The highest BCUT2D eigenvalue weighted by Gasteiger charge is 2.24. The Hall–Kier alpha value is -2.47. The molecule has 2 amide bonds. The molecule has 0 spiro atoms. The Morgan fingerprint density at radius 3 is 2.58 bits per heavy atom. The first kappa shape index (κ1) is 18.3. The van der Waals surface area contributed by atoms with Crippen molar-refractivity contribution in [1.29, 1.82) is 0 Å². The van der Waals surface area contributed by atoms with Crippen LogP contribution in [0.25, 0.3) is 0 Å². The molecule has 0 unspecified atom stereocenters. The van der Waals surface area contributed by atoms with Gasteiger partial charge in [-0.25, -0.2) is 4.79 Å². The van der Waals surface area contributed by atoms with Crippen molar-refractivity contribution in [3.8, 4) is 0 Å². The highest BCUT2D eigenvalue weighted by atomic mass is 35.5. The van der Waals surface area contributed by atoms with Crippen molar-refractivity contribution >= 4 is 23.6 Å². The van der Waals surface area contributed by atoms with Crippen molar-refractivity contribution in [3.63, 3.8) is 0 Å². The minimum Gasteiger partial charge on any atom is -0.445 e. The van der Waals surface area contributed by atoms with Gasteiger partial charge >= 0.3 is 6.09 Å². The van der Waals surface area contributed by atoms with E-state index >= 15 is 0 Å². The lowest BCUT2D eigenvalue weighted by Gasteiger charge is -2.31. The number of rotatable bonds is 5. The summed E-state index contributed by atoms with van der Waals surface area (Å²) in [4.78, 5) is 28.7. The molecule has 26 heavy (non-hydrogen) atoms. The number of ether oxygens (including phenoxy) is 1. The highest BCUT2D eigenvalue weighted by molar-refractivity contribution is 6.30. The molecule has 138 valence electrons. The van der Waals surface area contributed by atoms with Crippen molar-refractivity contribution in [2.45, 2.75) is 19.4 Å². The van der Waals surface area contributed by atoms with Gasteiger partial charge in [-0.05, 0) is 48.6 Å². The van der Waals surface area contributed by atoms with Gasteiger partial charge in [0.2, 0.25) is 0 Å². The second kappa shape index (κ2) is 8.76. The topological polar surface area (TPSA) is 74.4 Å². The van der Waals surface area contributed by atoms with Crippen molar-refractivity contribution in [2.24, 2.45) is 5.92 Å². The molecule has 7 heteroatoms. The third-order valence-electron chi connectivity index (χ3n) is 4.54. The summed E-state index contributed by atoms with van der Waals surface area (Å²) in [5, 5.41) is 3.59. The Balaban J connectivity index is 1.37. The number of H-pyrrole nitrogens is 1. The Morgan fingerprint density at radius 2 is 1.92 bits per heavy atom. The number of hydrogen-bond donors (Lipinski definition) is 2. The number of likely N-dealkylation sites (tertiary alicyclic amines) is 1. The molecule has 0 atom stereocenters. The Labute approximate surface area is 157 Å². The molecule has 0 radical (unpaired) electrons. The fraction of sp³-hybridized carbons (Fsp3) is 0.368. The Morgan fingerprint density at radius 1 is 1.19 bits per heavy atom. The molecule has 6 nitrogen and oxygen atoms in total. The number of piperidine rings is 1. The molecule has 2 heterocycles. The first-order chi connectivity index (χ1) is 12.6. The van der Waals surface area contributed by atoms with Gasteiger partial charge in [0.05, 0.1) is 0 Å². The van der Waals surface area contributed by atoms with Crippen LogP contribution in [0.4, 0.5) is 4.79 Å². The SMILES string of the molecule is O=C(NCC1CCN(C(=O)OCc2ccc(Cl)cc2)CC1)c1ccc[nH]1. The number of amides is 2. The number of carbonyl (C=O) groups is 2. The van der Waals surface area contributed by atoms with Gasteiger partial charge < -0.3 is 19.9 Å². The maximum atomic E-state index is 12.2. The van der Waals surface area contributed by atoms with Crippen LogP contribution in [0.3, 0.4) is 0 Å². The summed E-state index contributed by atoms with van der Waals surface area (Å²) < 4.78 is 5.36. The van der Waals surface area contributed by atoms with Gasteiger partial charge in [0.1, 0.15) is 12.3 Å². The van der Waals surface area contributed by atoms with Crippen LogP contribution in [0.2, 0.25) is 5.02 Å². The summed E-state index contributed by atoms with van der Waals surface area (Å²) in [6.45, 7) is 2.14. The standard InChI is InChI=1S/C19H22ClN3O3/c20-16-5-3-15(4-6-16)13-26-19(25)23-10-7-14(8-11-23)12-22-18(24)17-2-1-9-21-17/h1-6,9,14,21H,7-8,10-13H2,(H,22,24). The molecule has 0 aliphatic carbocycles. The molecule has 0 bridgehead atoms. The molecule has 1 fully saturated rings. The van der Waals surface area contributed by atoms with Crippen LogP contribution in [0.5, 0.6) is 0 Å². The molecule has 1 aromatic heterocycles. The summed E-state index contributed by atoms with van der Waals surface area (Å²) >= 11 is 5.84. The molecule has 2 N–H and O–H groups in total. The lowest BCUT2D eigenvalue weighted by Crippen LogP contribution is -2.41. The molecule has 2 aromatic rings. The van der Waals surface area contributed by atoms with Crippen molar-refractivity contribution in [1.82, 2.24) is 15.2 Å². The molecule has 3 rings (SSSR count). The van der Waals surface area contributed by atoms with Gasteiger partial charge in [0, 0.05) is 30.9 Å². The van der Waals surface area contributed by atoms with E-state index in [1.165, 1.54) is 0 Å². The second-order valence-electron chi connectivity index (χ2n) is 6.41. The van der Waals surface area contributed by atoms with E-state index in [2.05, 4.69) is 10.3 Å². The van der Waals surface area contributed by atoms with Crippen LogP contribution in [0.1, 0.15) is 28.9 Å². The molecule has 0 saturated carbocycles. The lowest BCUT2D eigenvalue weighted by molar-refractivity contribution is 0.0800. The number of carbonyl (C=O) groups excluding carboxylic acids is 2. The molecule has 1 aliphatic heterocycles. The predicted octanol–water partition coefficient (Wildman–Crippen LogP) is 3.45. The van der Waals surface area contributed by atoms with Crippen LogP contribution in [0, 0.1) is 5.92 Å². The zero-order valence-electron chi connectivity index (χ0n) is 14.4. The third kappa shape index (κ3) is 5.02. The largest absolute Gasteiger partial charge is 0.445 e. The highest BCUT2D eigenvalue weighted by Crippen LogP contribution is 2.18. The van der Waals surface area contributed by atoms with Crippen LogP contribution in [-0.2, 0) is 11.3 Å². The Bertz CT molecular complexity index is 723. The van der Waals surface area contributed by atoms with Gasteiger partial charge in [-0.1, -0.05) is 23.7 Å². The van der Waals surface area contributed by atoms with Crippen molar-refractivity contribution in [3.05, 3.63) is 58.9 Å². The second-order valence-corrected chi connectivity index (χ2v) is 6.84. The van der Waals surface area contributed by atoms with Gasteiger partial charge in [-0.2, -0.15) is 0 Å². The van der Waals surface area contributed by atoms with E-state index in [-0.39, 0.29) is 18.6 Å². The number of hydrogen-bond acceptors (Lipinski definition) is 3. The number of nitrogens with zero attached hydrogens (tertiary/aromatic N) is 1. The zero-order valence-corrected chi connectivity index (χ0v) is 15.2. The van der Waals surface area contributed by atoms with Crippen LogP contribution in [-0.4, -0.2) is 41.5 Å². The number of halogens is 1. The van der Waals surface area contributed by atoms with Gasteiger partial charge in [0.25, 0.3) is 5.91 Å². The summed E-state index contributed by atoms with van der Waals surface area (Å²) in [6, 6.07) is 10.8. The van der Waals surface area contributed by atoms with E-state index in [4.69, 9.17) is 16.3 Å². The summed E-state index contributed by atoms with van der Waals surface area (Å²) in [7, 11) is 0. The van der Waals surface area contributed by atoms with E-state index in [0.717, 1.165) is 18.4 Å². The normalized spacial score (nSPS) is 14.9. The fourth-order valence-corrected chi connectivity index (χ4v) is 3.07. The van der Waals surface area contributed by atoms with Crippen molar-refractivity contribution < 1.29 is 14.3 Å². The average molecular weight is 376 g/mol. The lowest BCUT2D eigenvalue weighted by atomic mass is 9.97. The van der Waals surface area contributed by atoms with Gasteiger partial charge in [-0.15, -0.1) is 0 Å². The predicted molar refractivity (Wildman–Crippen MR) is 99.1 cm³/mol. The van der Waals surface area contributed by atoms with Gasteiger partial charge in [-0.3, -0.25) is 4.79 Å². The summed E-state index contributed by atoms with van der Waals surface area (Å²) in [5.74, 6) is 0.272. The quantitative estimate of drug-likeness (QED) is 0.840. The molecular weight excluding hydrogens is 354 g/mol. The van der Waals surface area contributed by atoms with Crippen molar-refractivity contribution in [2.75, 3.05) is 19.6 Å². The van der Waals surface area contributed by atoms with E-state index in [9.17, 15) is 9.59 Å². The van der Waals surface area contributed by atoms with E-state index in [0.29, 0.717) is 36.3 Å². The van der Waals surface area contributed by atoms with E-state index in [1.807, 2.05) is 12.1 Å². The smallest absolute Gasteiger partial charge is 0.410 e. The zero-order chi connectivity index (χ0) is 18.4. The number of aromatic nitrogens is 1. The van der Waals surface area contributed by atoms with Gasteiger partial charge in [0.15, 0.2) is 0 Å². The van der Waals surface area contributed by atoms with Crippen LogP contribution < -0.4 is 5.32 Å². The monoisotopic (exact) mass is 375 g/mol. The van der Waals surface area contributed by atoms with Crippen LogP contribution >= 0.6 is 11.6 Å². The minimum absolute atomic E-state index is 0.0974. The first-order valence-corrected chi connectivity index (χ1v) is 9.07. The minimum atomic E-state index is -0.297. The third-order valence-corrected chi connectivity index (χ3v) is 4.79. The van der Waals surface area contributed by atoms with Crippen LogP contribution in [0.15, 0.2) is 42.6 Å². The maximum Gasteiger partial charge on any atom is 0.410 e. The molecule has 1 aliphatic rings. The molecular formula is C19H22ClN3O3. The number of aromatic amines is 1. The summed E-state index contributed by atoms with van der Waals surface area (Å²) in [5.41, 5.74) is 1.47. The molecule has 1 aromatic carbocycles. The Kier molecular flexibility index (Phi) is 6.17. The number of nitrogens with one attached hydrogen (secondary N) is 2. The fourth-order valence-electron chi connectivity index (χ4n) is 2.94. The first-order valence-electron chi connectivity index (χ1n) is 8.69. The van der Waals surface area contributed by atoms with E-state index < -0.39 is 0 Å². The molecule has 1 saturated heterocycles. The average Bonchev–Trinajstić information content (AvgIpc) is 3.21. The van der Waals surface area contributed by atoms with E-state index in [1.54, 1.807) is 35.4 Å². The maximum absolute atomic E-state index is 12.2. The summed E-state index contributed by atoms with van der Waals surface area (Å²) in [6.07, 6.45) is 3.12. The number of benzene rings is 1.